The molecular weight excluding hydrogens is 479 g/mol. The topological polar surface area (TPSA) is 49.4 Å². The lowest BCUT2D eigenvalue weighted by Crippen LogP contribution is -2.40. The number of hydrogen-bond donors (Lipinski definition) is 1. The van der Waals surface area contributed by atoms with Crippen LogP contribution < -0.4 is 10.2 Å². The van der Waals surface area contributed by atoms with Gasteiger partial charge in [-0.05, 0) is 41.7 Å². The number of fused-ring (bicyclic) bond motifs is 1. The number of halogens is 2. The summed E-state index contributed by atoms with van der Waals surface area (Å²) in [6.45, 7) is 4.17. The molecule has 0 spiro atoms. The first-order chi connectivity index (χ1) is 16.7. The predicted molar refractivity (Wildman–Crippen MR) is 142 cm³/mol. The first-order valence-electron chi connectivity index (χ1n) is 11.7. The molecular formula is C29H26Cl2N2O2. The van der Waals surface area contributed by atoms with E-state index in [0.717, 1.165) is 16.9 Å². The summed E-state index contributed by atoms with van der Waals surface area (Å²) in [6, 6.07) is 21.8. The van der Waals surface area contributed by atoms with E-state index in [-0.39, 0.29) is 23.5 Å². The van der Waals surface area contributed by atoms with Crippen molar-refractivity contribution in [2.45, 2.75) is 39.2 Å². The Kier molecular flexibility index (Phi) is 6.20. The van der Waals surface area contributed by atoms with Crippen LogP contribution in [0.1, 0.15) is 43.9 Å². The largest absolute Gasteiger partial charge is 0.357 e. The second kappa shape index (κ2) is 9.18. The Bertz CT molecular complexity index is 1330. The molecule has 35 heavy (non-hydrogen) atoms. The molecule has 1 aliphatic heterocycles. The lowest BCUT2D eigenvalue weighted by Gasteiger charge is -2.37. The summed E-state index contributed by atoms with van der Waals surface area (Å²) in [5.41, 5.74) is 4.08. The third-order valence-corrected chi connectivity index (χ3v) is 7.30. The molecule has 5 rings (SSSR count). The van der Waals surface area contributed by atoms with Gasteiger partial charge in [-0.2, -0.15) is 0 Å². The lowest BCUT2D eigenvalue weighted by atomic mass is 9.73. The minimum absolute atomic E-state index is 0.00458. The predicted octanol–water partition coefficient (Wildman–Crippen LogP) is 7.38. The Labute approximate surface area is 215 Å². The lowest BCUT2D eigenvalue weighted by molar-refractivity contribution is -0.119. The summed E-state index contributed by atoms with van der Waals surface area (Å²) in [5.74, 6) is -0.145. The van der Waals surface area contributed by atoms with Gasteiger partial charge in [-0.25, -0.2) is 0 Å². The maximum Gasteiger partial charge on any atom is 0.232 e. The first-order valence-corrected chi connectivity index (χ1v) is 12.4. The van der Waals surface area contributed by atoms with Crippen LogP contribution in [0.4, 0.5) is 11.4 Å². The molecule has 2 aliphatic rings. The summed E-state index contributed by atoms with van der Waals surface area (Å²) in [6.07, 6.45) is 1.22. The summed E-state index contributed by atoms with van der Waals surface area (Å²) < 4.78 is 0. The molecule has 1 unspecified atom stereocenters. The molecule has 3 aromatic carbocycles. The van der Waals surface area contributed by atoms with Gasteiger partial charge in [0, 0.05) is 33.3 Å². The summed E-state index contributed by atoms with van der Waals surface area (Å²) in [5, 5.41) is 4.35. The second-order valence-electron chi connectivity index (χ2n) is 9.94. The van der Waals surface area contributed by atoms with Crippen LogP contribution in [-0.4, -0.2) is 11.7 Å². The molecule has 0 bridgehead atoms. The van der Waals surface area contributed by atoms with Crippen molar-refractivity contribution in [3.8, 4) is 0 Å². The molecule has 0 aromatic heterocycles. The van der Waals surface area contributed by atoms with Crippen LogP contribution in [0.3, 0.4) is 0 Å². The number of hydrogen-bond acceptors (Lipinski definition) is 3. The van der Waals surface area contributed by atoms with Crippen LogP contribution in [0.15, 0.2) is 84.1 Å². The smallest absolute Gasteiger partial charge is 0.232 e. The molecule has 1 heterocycles. The standard InChI is InChI=1S/C29H26Cl2N2O2/c1-29(2)16-22-27(24(34)17-29)28(26-19(30)11-8-12-20(26)31)33(23-14-7-6-13-21(23)32-22)25(35)15-18-9-4-3-5-10-18/h3-14,28,32H,15-17H2,1-2H3. The molecule has 4 nitrogen and oxygen atoms in total. The molecule has 6 heteroatoms. The van der Waals surface area contributed by atoms with Gasteiger partial charge < -0.3 is 5.32 Å². The molecule has 1 atom stereocenters. The van der Waals surface area contributed by atoms with E-state index in [1.165, 1.54) is 0 Å². The fraction of sp³-hybridized carbons (Fsp3) is 0.241. The monoisotopic (exact) mass is 504 g/mol. The van der Waals surface area contributed by atoms with Gasteiger partial charge in [-0.15, -0.1) is 0 Å². The van der Waals surface area contributed by atoms with Crippen molar-refractivity contribution in [2.75, 3.05) is 10.2 Å². The van der Waals surface area contributed by atoms with Crippen LogP contribution in [0.25, 0.3) is 0 Å². The third-order valence-electron chi connectivity index (χ3n) is 6.64. The van der Waals surface area contributed by atoms with Gasteiger partial charge in [0.15, 0.2) is 5.78 Å². The Morgan fingerprint density at radius 2 is 1.60 bits per heavy atom. The molecule has 0 radical (unpaired) electrons. The number of para-hydroxylation sites is 2. The van der Waals surface area contributed by atoms with Gasteiger partial charge in [0.25, 0.3) is 0 Å². The second-order valence-corrected chi connectivity index (χ2v) is 10.8. The van der Waals surface area contributed by atoms with Crippen LogP contribution >= 0.6 is 23.2 Å². The maximum absolute atomic E-state index is 14.1. The summed E-state index contributed by atoms with van der Waals surface area (Å²) in [4.78, 5) is 29.5. The zero-order valence-corrected chi connectivity index (χ0v) is 21.2. The van der Waals surface area contributed by atoms with Crippen molar-refractivity contribution in [1.82, 2.24) is 0 Å². The van der Waals surface area contributed by atoms with Crippen LogP contribution in [0, 0.1) is 5.41 Å². The van der Waals surface area contributed by atoms with E-state index in [9.17, 15) is 9.59 Å². The van der Waals surface area contributed by atoms with E-state index in [2.05, 4.69) is 19.2 Å². The quantitative estimate of drug-likeness (QED) is 0.404. The SMILES string of the molecule is CC1(C)CC(=O)C2=C(C1)Nc1ccccc1N(C(=O)Cc1ccccc1)C2c1c(Cl)cccc1Cl. The van der Waals surface area contributed by atoms with Gasteiger partial charge in [0.05, 0.1) is 23.8 Å². The number of carbonyl (C=O) groups is 2. The van der Waals surface area contributed by atoms with Gasteiger partial charge in [0.2, 0.25) is 5.91 Å². The number of nitrogens with zero attached hydrogens (tertiary/aromatic N) is 1. The van der Waals surface area contributed by atoms with E-state index in [1.54, 1.807) is 23.1 Å². The van der Waals surface area contributed by atoms with Gasteiger partial charge in [-0.3, -0.25) is 14.5 Å². The number of amides is 1. The number of benzene rings is 3. The van der Waals surface area contributed by atoms with Crippen molar-refractivity contribution >= 4 is 46.3 Å². The summed E-state index contributed by atoms with van der Waals surface area (Å²) in [7, 11) is 0. The van der Waals surface area contributed by atoms with Crippen molar-refractivity contribution < 1.29 is 9.59 Å². The Hall–Kier alpha value is -3.08. The van der Waals surface area contributed by atoms with Gasteiger partial charge in [0.1, 0.15) is 0 Å². The average Bonchev–Trinajstić information content (AvgIpc) is 2.93. The molecule has 0 saturated carbocycles. The number of rotatable bonds is 3. The minimum Gasteiger partial charge on any atom is -0.357 e. The van der Waals surface area contributed by atoms with E-state index in [1.807, 2.05) is 54.6 Å². The van der Waals surface area contributed by atoms with Crippen molar-refractivity contribution in [1.29, 1.82) is 0 Å². The van der Waals surface area contributed by atoms with E-state index < -0.39 is 6.04 Å². The zero-order valence-electron chi connectivity index (χ0n) is 19.6. The number of anilines is 2. The van der Waals surface area contributed by atoms with Crippen LogP contribution in [-0.2, 0) is 16.0 Å². The van der Waals surface area contributed by atoms with Crippen LogP contribution in [0.2, 0.25) is 10.0 Å². The number of allylic oxidation sites excluding steroid dienone is 1. The van der Waals surface area contributed by atoms with E-state index >= 15 is 0 Å². The molecule has 1 aliphatic carbocycles. The highest BCUT2D eigenvalue weighted by atomic mass is 35.5. The molecule has 1 N–H and O–H groups in total. The molecule has 178 valence electrons. The van der Waals surface area contributed by atoms with Crippen molar-refractivity contribution in [3.05, 3.63) is 105 Å². The number of ketones is 1. The first kappa shape index (κ1) is 23.7. The van der Waals surface area contributed by atoms with Gasteiger partial charge in [-0.1, -0.05) is 85.6 Å². The molecule has 1 amide bonds. The number of Topliss-reactive ketones (excluding diaryl/α,β-unsaturated/α-hetero) is 1. The van der Waals surface area contributed by atoms with Crippen LogP contribution in [0.5, 0.6) is 0 Å². The summed E-state index contributed by atoms with van der Waals surface area (Å²) >= 11 is 13.5. The van der Waals surface area contributed by atoms with Crippen molar-refractivity contribution in [3.63, 3.8) is 0 Å². The fourth-order valence-corrected chi connectivity index (χ4v) is 5.77. The van der Waals surface area contributed by atoms with E-state index in [0.29, 0.717) is 39.7 Å². The normalized spacial score (nSPS) is 18.9. The van der Waals surface area contributed by atoms with Crippen molar-refractivity contribution in [2.24, 2.45) is 5.41 Å². The minimum atomic E-state index is -0.748. The fourth-order valence-electron chi connectivity index (χ4n) is 5.16. The third kappa shape index (κ3) is 4.49. The Morgan fingerprint density at radius 1 is 0.943 bits per heavy atom. The van der Waals surface area contributed by atoms with E-state index in [4.69, 9.17) is 23.2 Å². The number of nitrogens with one attached hydrogen (secondary N) is 1. The van der Waals surface area contributed by atoms with Gasteiger partial charge >= 0.3 is 0 Å². The maximum atomic E-state index is 14.1. The molecule has 3 aromatic rings. The zero-order chi connectivity index (χ0) is 24.7. The molecule has 0 saturated heterocycles. The number of carbonyl (C=O) groups excluding carboxylic acids is 2. The average molecular weight is 505 g/mol. The molecule has 0 fully saturated rings. The highest BCUT2D eigenvalue weighted by Crippen LogP contribution is 2.50. The highest BCUT2D eigenvalue weighted by molar-refractivity contribution is 6.36. The Balaban J connectivity index is 1.77. The Morgan fingerprint density at radius 3 is 2.31 bits per heavy atom. The highest BCUT2D eigenvalue weighted by Gasteiger charge is 2.44.